The molecular weight excluding hydrogens is 266 g/mol. The van der Waals surface area contributed by atoms with Crippen LogP contribution >= 0.6 is 0 Å². The normalized spacial score (nSPS) is 23.0. The molecule has 0 radical (unpaired) electrons. The summed E-state index contributed by atoms with van der Waals surface area (Å²) in [7, 11) is 0. The molecule has 21 heavy (non-hydrogen) atoms. The van der Waals surface area contributed by atoms with Crippen molar-refractivity contribution in [2.24, 2.45) is 0 Å². The average molecular weight is 287 g/mol. The van der Waals surface area contributed by atoms with Crippen molar-refractivity contribution in [3.63, 3.8) is 0 Å². The summed E-state index contributed by atoms with van der Waals surface area (Å²) in [6, 6.07) is 7.43. The number of aliphatic hydroxyl groups excluding tert-OH is 1. The molecule has 1 saturated carbocycles. The summed E-state index contributed by atoms with van der Waals surface area (Å²) in [5.41, 5.74) is 1.85. The predicted molar refractivity (Wildman–Crippen MR) is 81.3 cm³/mol. The molecule has 1 aromatic carbocycles. The fraction of sp³-hybridized carbons (Fsp3) is 0.471. The second-order valence-electron chi connectivity index (χ2n) is 5.94. The predicted octanol–water partition coefficient (Wildman–Crippen LogP) is 3.16. The topological polar surface area (TPSA) is 62.5 Å². The summed E-state index contributed by atoms with van der Waals surface area (Å²) in [4.78, 5) is 12.3. The van der Waals surface area contributed by atoms with Crippen LogP contribution in [-0.4, -0.2) is 23.2 Å². The summed E-state index contributed by atoms with van der Waals surface area (Å²) >= 11 is 0. The summed E-state index contributed by atoms with van der Waals surface area (Å²) in [6.45, 7) is 2.01. The number of rotatable bonds is 2. The molecule has 0 bridgehead atoms. The van der Waals surface area contributed by atoms with Crippen LogP contribution in [0, 0.1) is 6.92 Å². The highest BCUT2D eigenvalue weighted by Gasteiger charge is 2.24. The van der Waals surface area contributed by atoms with Gasteiger partial charge in [0.2, 0.25) is 0 Å². The first kappa shape index (κ1) is 14.1. The molecule has 1 amide bonds. The summed E-state index contributed by atoms with van der Waals surface area (Å²) < 4.78 is 5.60. The maximum atomic E-state index is 12.3. The Balaban J connectivity index is 1.76. The molecule has 2 aromatic rings. The van der Waals surface area contributed by atoms with Gasteiger partial charge in [-0.3, -0.25) is 4.79 Å². The van der Waals surface area contributed by atoms with Gasteiger partial charge in [0.1, 0.15) is 5.58 Å². The molecule has 3 rings (SSSR count). The van der Waals surface area contributed by atoms with Crippen LogP contribution in [0.2, 0.25) is 0 Å². The molecule has 4 nitrogen and oxygen atoms in total. The molecular formula is C17H21NO3. The van der Waals surface area contributed by atoms with Gasteiger partial charge in [-0.1, -0.05) is 30.9 Å². The van der Waals surface area contributed by atoms with Crippen molar-refractivity contribution in [3.8, 4) is 0 Å². The minimum Gasteiger partial charge on any atom is -0.451 e. The first-order valence-corrected chi connectivity index (χ1v) is 7.62. The van der Waals surface area contributed by atoms with Crippen LogP contribution in [0.1, 0.15) is 48.2 Å². The van der Waals surface area contributed by atoms with E-state index in [0.717, 1.165) is 43.1 Å². The Morgan fingerprint density at radius 3 is 2.90 bits per heavy atom. The zero-order valence-corrected chi connectivity index (χ0v) is 12.3. The van der Waals surface area contributed by atoms with Crippen LogP contribution in [-0.2, 0) is 0 Å². The number of benzene rings is 1. The van der Waals surface area contributed by atoms with Gasteiger partial charge in [-0.15, -0.1) is 0 Å². The zero-order valence-electron chi connectivity index (χ0n) is 12.3. The number of amides is 1. The summed E-state index contributed by atoms with van der Waals surface area (Å²) in [5.74, 6) is 0.0712. The van der Waals surface area contributed by atoms with Crippen LogP contribution in [0.4, 0.5) is 0 Å². The number of fused-ring (bicyclic) bond motifs is 1. The van der Waals surface area contributed by atoms with Gasteiger partial charge < -0.3 is 14.8 Å². The molecule has 0 saturated heterocycles. The van der Waals surface area contributed by atoms with E-state index in [9.17, 15) is 9.90 Å². The number of hydrogen-bond acceptors (Lipinski definition) is 3. The SMILES string of the molecule is Cc1ccc2oc(C(=O)NC3CCCCCC3O)cc2c1. The molecule has 1 aliphatic rings. The molecule has 0 spiro atoms. The van der Waals surface area contributed by atoms with Gasteiger partial charge in [0, 0.05) is 5.39 Å². The number of carbonyl (C=O) groups excluding carboxylic acids is 1. The number of aryl methyl sites for hydroxylation is 1. The van der Waals surface area contributed by atoms with Crippen molar-refractivity contribution < 1.29 is 14.3 Å². The zero-order chi connectivity index (χ0) is 14.8. The lowest BCUT2D eigenvalue weighted by atomic mass is 10.1. The van der Waals surface area contributed by atoms with Crippen LogP contribution in [0.3, 0.4) is 0 Å². The van der Waals surface area contributed by atoms with Crippen molar-refractivity contribution in [1.29, 1.82) is 0 Å². The van der Waals surface area contributed by atoms with Gasteiger partial charge in [-0.05, 0) is 38.0 Å². The van der Waals surface area contributed by atoms with Crippen molar-refractivity contribution in [2.75, 3.05) is 0 Å². The fourth-order valence-electron chi connectivity index (χ4n) is 2.97. The second-order valence-corrected chi connectivity index (χ2v) is 5.94. The van der Waals surface area contributed by atoms with E-state index in [1.165, 1.54) is 0 Å². The third kappa shape index (κ3) is 3.10. The first-order chi connectivity index (χ1) is 10.1. The monoisotopic (exact) mass is 287 g/mol. The summed E-state index contributed by atoms with van der Waals surface area (Å²) in [5, 5.41) is 13.9. The third-order valence-corrected chi connectivity index (χ3v) is 4.19. The molecule has 0 aliphatic heterocycles. The van der Waals surface area contributed by atoms with E-state index in [0.29, 0.717) is 11.3 Å². The van der Waals surface area contributed by atoms with E-state index in [1.807, 2.05) is 25.1 Å². The fourth-order valence-corrected chi connectivity index (χ4v) is 2.97. The van der Waals surface area contributed by atoms with E-state index in [1.54, 1.807) is 6.07 Å². The Hall–Kier alpha value is -1.81. The highest BCUT2D eigenvalue weighted by molar-refractivity contribution is 5.96. The molecule has 112 valence electrons. The smallest absolute Gasteiger partial charge is 0.287 e. The van der Waals surface area contributed by atoms with Gasteiger partial charge in [-0.2, -0.15) is 0 Å². The van der Waals surface area contributed by atoms with Gasteiger partial charge in [0.05, 0.1) is 12.1 Å². The molecule has 2 unspecified atom stereocenters. The number of nitrogens with one attached hydrogen (secondary N) is 1. The van der Waals surface area contributed by atoms with Crippen molar-refractivity contribution in [3.05, 3.63) is 35.6 Å². The highest BCUT2D eigenvalue weighted by Crippen LogP contribution is 2.22. The second kappa shape index (κ2) is 5.90. The van der Waals surface area contributed by atoms with Crippen LogP contribution in [0.5, 0.6) is 0 Å². The lowest BCUT2D eigenvalue weighted by Gasteiger charge is -2.21. The van der Waals surface area contributed by atoms with Crippen molar-refractivity contribution in [2.45, 2.75) is 51.2 Å². The standard InChI is InChI=1S/C17H21NO3/c1-11-7-8-15-12(9-11)10-16(21-15)17(20)18-13-5-3-2-4-6-14(13)19/h7-10,13-14,19H,2-6H2,1H3,(H,18,20). The molecule has 1 aromatic heterocycles. The van der Waals surface area contributed by atoms with E-state index in [4.69, 9.17) is 4.42 Å². The number of hydrogen-bond donors (Lipinski definition) is 2. The highest BCUT2D eigenvalue weighted by atomic mass is 16.3. The van der Waals surface area contributed by atoms with E-state index in [2.05, 4.69) is 5.32 Å². The first-order valence-electron chi connectivity index (χ1n) is 7.62. The molecule has 1 heterocycles. The lowest BCUT2D eigenvalue weighted by Crippen LogP contribution is -2.42. The minimum absolute atomic E-state index is 0.171. The Morgan fingerprint density at radius 2 is 2.05 bits per heavy atom. The molecule has 1 fully saturated rings. The quantitative estimate of drug-likeness (QED) is 0.834. The van der Waals surface area contributed by atoms with E-state index >= 15 is 0 Å². The Morgan fingerprint density at radius 1 is 1.24 bits per heavy atom. The lowest BCUT2D eigenvalue weighted by molar-refractivity contribution is 0.0796. The molecule has 1 aliphatic carbocycles. The van der Waals surface area contributed by atoms with Crippen LogP contribution < -0.4 is 5.32 Å². The van der Waals surface area contributed by atoms with Crippen molar-refractivity contribution in [1.82, 2.24) is 5.32 Å². The maximum Gasteiger partial charge on any atom is 0.287 e. The molecule has 2 atom stereocenters. The maximum absolute atomic E-state index is 12.3. The average Bonchev–Trinajstić information content (AvgIpc) is 2.78. The Kier molecular flexibility index (Phi) is 3.97. The third-order valence-electron chi connectivity index (χ3n) is 4.19. The largest absolute Gasteiger partial charge is 0.451 e. The number of furan rings is 1. The van der Waals surface area contributed by atoms with E-state index < -0.39 is 6.10 Å². The minimum atomic E-state index is -0.455. The van der Waals surface area contributed by atoms with Crippen LogP contribution in [0.15, 0.2) is 28.7 Å². The summed E-state index contributed by atoms with van der Waals surface area (Å²) in [6.07, 6.45) is 4.31. The van der Waals surface area contributed by atoms with Gasteiger partial charge >= 0.3 is 0 Å². The van der Waals surface area contributed by atoms with Crippen molar-refractivity contribution >= 4 is 16.9 Å². The molecule has 4 heteroatoms. The van der Waals surface area contributed by atoms with Gasteiger partial charge in [0.25, 0.3) is 5.91 Å². The van der Waals surface area contributed by atoms with Crippen LogP contribution in [0.25, 0.3) is 11.0 Å². The number of carbonyl (C=O) groups is 1. The van der Waals surface area contributed by atoms with Gasteiger partial charge in [0.15, 0.2) is 5.76 Å². The Bertz CT molecular complexity index is 647. The number of aliphatic hydroxyl groups is 1. The molecule has 2 N–H and O–H groups in total. The van der Waals surface area contributed by atoms with E-state index in [-0.39, 0.29) is 11.9 Å². The van der Waals surface area contributed by atoms with Gasteiger partial charge in [-0.25, -0.2) is 0 Å². The Labute approximate surface area is 124 Å².